The summed E-state index contributed by atoms with van der Waals surface area (Å²) in [5.41, 5.74) is 2.63. The second-order valence-electron chi connectivity index (χ2n) is 11.3. The molecule has 2 atom stereocenters. The maximum Gasteiger partial charge on any atom is 0.0711 e. The first-order chi connectivity index (χ1) is 20.3. The van der Waals surface area contributed by atoms with Gasteiger partial charge in [-0.15, -0.1) is 45.3 Å². The molecular weight excluding hydrogens is 767 g/mol. The van der Waals surface area contributed by atoms with Crippen molar-refractivity contribution >= 4 is 121 Å². The average Bonchev–Trinajstić information content (AvgIpc) is 3.72. The van der Waals surface area contributed by atoms with Gasteiger partial charge in [-0.1, -0.05) is 102 Å². The molecule has 4 aromatic heterocycles. The summed E-state index contributed by atoms with van der Waals surface area (Å²) in [6.45, 7) is 9.19. The Balaban J connectivity index is 1.62. The molecule has 0 radical (unpaired) electrons. The molecule has 0 aliphatic rings. The first kappa shape index (κ1) is 33.4. The Kier molecular flexibility index (Phi) is 12.0. The van der Waals surface area contributed by atoms with Crippen molar-refractivity contribution in [2.24, 2.45) is 11.8 Å². The zero-order valence-electron chi connectivity index (χ0n) is 24.7. The summed E-state index contributed by atoms with van der Waals surface area (Å²) in [4.78, 5) is 5.20. The highest BCUT2D eigenvalue weighted by Crippen LogP contribution is 2.54. The molecule has 2 unspecified atom stereocenters. The van der Waals surface area contributed by atoms with E-state index in [0.29, 0.717) is 11.8 Å². The molecule has 5 rings (SSSR count). The molecule has 0 nitrogen and oxygen atoms in total. The van der Waals surface area contributed by atoms with Gasteiger partial charge in [-0.2, -0.15) is 0 Å². The van der Waals surface area contributed by atoms with Crippen molar-refractivity contribution in [3.63, 3.8) is 0 Å². The number of fused-ring (bicyclic) bond motifs is 2. The smallest absolute Gasteiger partial charge is 0.0711 e. The van der Waals surface area contributed by atoms with Crippen LogP contribution in [0.3, 0.4) is 0 Å². The second-order valence-corrected chi connectivity index (χ2v) is 19.3. The van der Waals surface area contributed by atoms with Gasteiger partial charge in [0.25, 0.3) is 0 Å². The van der Waals surface area contributed by atoms with E-state index >= 15 is 0 Å². The maximum atomic E-state index is 6.96. The predicted octanol–water partition coefficient (Wildman–Crippen LogP) is 15.9. The first-order valence-electron chi connectivity index (χ1n) is 15.2. The van der Waals surface area contributed by atoms with E-state index in [1.807, 2.05) is 45.3 Å². The molecule has 0 N–H and O–H groups in total. The molecule has 0 aliphatic heterocycles. The third-order valence-electron chi connectivity index (χ3n) is 8.44. The van der Waals surface area contributed by atoms with E-state index in [2.05, 4.69) is 83.8 Å². The van der Waals surface area contributed by atoms with Crippen LogP contribution in [0.4, 0.5) is 0 Å². The fourth-order valence-corrected chi connectivity index (χ4v) is 12.6. The Hall–Kier alpha value is 0.0800. The van der Waals surface area contributed by atoms with Gasteiger partial charge in [-0.05, 0) is 80.8 Å². The van der Waals surface area contributed by atoms with E-state index in [0.717, 1.165) is 30.5 Å². The summed E-state index contributed by atoms with van der Waals surface area (Å²) >= 11 is 29.1. The number of rotatable bonds is 14. The van der Waals surface area contributed by atoms with Crippen LogP contribution in [-0.2, 0) is 12.8 Å². The van der Waals surface area contributed by atoms with Crippen molar-refractivity contribution in [3.05, 3.63) is 51.6 Å². The molecule has 42 heavy (non-hydrogen) atoms. The molecule has 8 heteroatoms. The Bertz CT molecular complexity index is 1480. The van der Waals surface area contributed by atoms with Gasteiger partial charge in [-0.3, -0.25) is 0 Å². The van der Waals surface area contributed by atoms with Gasteiger partial charge in [0.2, 0.25) is 0 Å². The van der Waals surface area contributed by atoms with Crippen molar-refractivity contribution in [3.8, 4) is 20.9 Å². The van der Waals surface area contributed by atoms with Crippen LogP contribution in [0.25, 0.3) is 41.1 Å². The zero-order chi connectivity index (χ0) is 30.0. The Labute approximate surface area is 294 Å². The van der Waals surface area contributed by atoms with Crippen LogP contribution in [0.1, 0.15) is 88.8 Å². The van der Waals surface area contributed by atoms with Gasteiger partial charge in [0.05, 0.1) is 17.6 Å². The van der Waals surface area contributed by atoms with E-state index in [9.17, 15) is 0 Å². The predicted molar refractivity (Wildman–Crippen MR) is 203 cm³/mol. The van der Waals surface area contributed by atoms with Gasteiger partial charge in [0, 0.05) is 50.8 Å². The lowest BCUT2D eigenvalue weighted by molar-refractivity contribution is 0.452. The number of halogens is 4. The summed E-state index contributed by atoms with van der Waals surface area (Å²) < 4.78 is 4.94. The molecular formula is C34H38Br2Cl2S4. The highest BCUT2D eigenvalue weighted by Gasteiger charge is 2.25. The van der Waals surface area contributed by atoms with Gasteiger partial charge >= 0.3 is 0 Å². The average molecular weight is 806 g/mol. The van der Waals surface area contributed by atoms with Gasteiger partial charge in [-0.25, -0.2) is 0 Å². The van der Waals surface area contributed by atoms with Crippen molar-refractivity contribution in [1.82, 2.24) is 0 Å². The lowest BCUT2D eigenvalue weighted by Crippen LogP contribution is -2.02. The normalized spacial score (nSPS) is 13.5. The quantitative estimate of drug-likeness (QED) is 0.105. The Morgan fingerprint density at radius 2 is 1.02 bits per heavy atom. The van der Waals surface area contributed by atoms with Crippen molar-refractivity contribution in [2.75, 3.05) is 0 Å². The standard InChI is InChI=1S/C34H38Br2Cl2S4/c1-5-9-11-19(7-3)13-25-23(37)17-27(39-25)31-21-15-29(35)42-34(21)32(22-16-30(36)41-33(22)31)28-18-24(38)26(40-28)14-20(8-4)12-10-6-2/h15-20H,5-14H2,1-4H3. The molecule has 4 heterocycles. The van der Waals surface area contributed by atoms with Gasteiger partial charge in [0.15, 0.2) is 0 Å². The van der Waals surface area contributed by atoms with Crippen LogP contribution in [0, 0.1) is 11.8 Å². The minimum atomic E-state index is 0.689. The number of hydrogen-bond acceptors (Lipinski definition) is 4. The number of unbranched alkanes of at least 4 members (excludes halogenated alkanes) is 2. The number of benzene rings is 1. The van der Waals surface area contributed by atoms with E-state index in [-0.39, 0.29) is 0 Å². The summed E-state index contributed by atoms with van der Waals surface area (Å²) in [5.74, 6) is 1.38. The van der Waals surface area contributed by atoms with Gasteiger partial charge < -0.3 is 0 Å². The van der Waals surface area contributed by atoms with Crippen LogP contribution in [0.5, 0.6) is 0 Å². The fourth-order valence-electron chi connectivity index (χ4n) is 5.95. The molecule has 226 valence electrons. The number of thiophene rings is 4. The summed E-state index contributed by atoms with van der Waals surface area (Å²) in [6.07, 6.45) is 12.2. The van der Waals surface area contributed by atoms with Crippen LogP contribution in [-0.4, -0.2) is 0 Å². The van der Waals surface area contributed by atoms with E-state index < -0.39 is 0 Å². The van der Waals surface area contributed by atoms with Crippen LogP contribution in [0.2, 0.25) is 10.0 Å². The molecule has 0 saturated heterocycles. The minimum Gasteiger partial charge on any atom is -0.139 e. The topological polar surface area (TPSA) is 0 Å². The summed E-state index contributed by atoms with van der Waals surface area (Å²) in [6, 6.07) is 9.07. The Morgan fingerprint density at radius 1 is 0.619 bits per heavy atom. The molecule has 1 aromatic carbocycles. The molecule has 0 aliphatic carbocycles. The molecule has 0 saturated carbocycles. The molecule has 0 bridgehead atoms. The third-order valence-corrected chi connectivity index (χ3v) is 15.0. The van der Waals surface area contributed by atoms with E-state index in [1.54, 1.807) is 0 Å². The van der Waals surface area contributed by atoms with E-state index in [1.165, 1.54) is 102 Å². The largest absolute Gasteiger partial charge is 0.139 e. The van der Waals surface area contributed by atoms with Crippen LogP contribution >= 0.6 is 100 Å². The zero-order valence-corrected chi connectivity index (χ0v) is 32.6. The lowest BCUT2D eigenvalue weighted by atomic mass is 9.95. The van der Waals surface area contributed by atoms with E-state index in [4.69, 9.17) is 23.2 Å². The van der Waals surface area contributed by atoms with Crippen molar-refractivity contribution in [1.29, 1.82) is 0 Å². The van der Waals surface area contributed by atoms with Crippen molar-refractivity contribution in [2.45, 2.75) is 91.9 Å². The minimum absolute atomic E-state index is 0.689. The van der Waals surface area contributed by atoms with Crippen molar-refractivity contribution < 1.29 is 0 Å². The SMILES string of the molecule is CCCCC(CC)Cc1sc(-c2c3cc(Br)sc3c(-c3cc(Cl)c(CC(CC)CCCC)s3)c3cc(Br)sc23)cc1Cl. The summed E-state index contributed by atoms with van der Waals surface area (Å²) in [5, 5.41) is 4.44. The molecule has 0 amide bonds. The van der Waals surface area contributed by atoms with Crippen LogP contribution < -0.4 is 0 Å². The summed E-state index contributed by atoms with van der Waals surface area (Å²) in [7, 11) is 0. The Morgan fingerprint density at radius 3 is 1.38 bits per heavy atom. The highest BCUT2D eigenvalue weighted by atomic mass is 79.9. The first-order valence-corrected chi connectivity index (χ1v) is 20.8. The second kappa shape index (κ2) is 15.1. The highest BCUT2D eigenvalue weighted by molar-refractivity contribution is 9.11. The maximum absolute atomic E-state index is 6.96. The fraction of sp³-hybridized carbons (Fsp3) is 0.471. The molecule has 0 fully saturated rings. The monoisotopic (exact) mass is 802 g/mol. The number of hydrogen-bond donors (Lipinski definition) is 0. The lowest BCUT2D eigenvalue weighted by Gasteiger charge is -2.13. The third kappa shape index (κ3) is 7.22. The molecule has 0 spiro atoms. The van der Waals surface area contributed by atoms with Crippen LogP contribution in [0.15, 0.2) is 31.8 Å². The molecule has 5 aromatic rings. The van der Waals surface area contributed by atoms with Gasteiger partial charge in [0.1, 0.15) is 0 Å².